The third kappa shape index (κ3) is 2.92. The van der Waals surface area contributed by atoms with Crippen molar-refractivity contribution >= 4 is 0 Å². The van der Waals surface area contributed by atoms with Gasteiger partial charge >= 0.3 is 0 Å². The molecule has 0 amide bonds. The van der Waals surface area contributed by atoms with E-state index in [9.17, 15) is 0 Å². The van der Waals surface area contributed by atoms with E-state index in [1.807, 2.05) is 0 Å². The number of nitrogens with one attached hydrogen (secondary N) is 1. The fourth-order valence-electron chi connectivity index (χ4n) is 2.75. The van der Waals surface area contributed by atoms with Gasteiger partial charge < -0.3 is 19.5 Å². The van der Waals surface area contributed by atoms with Crippen molar-refractivity contribution in [3.05, 3.63) is 18.1 Å². The van der Waals surface area contributed by atoms with E-state index in [1.165, 1.54) is 0 Å². The van der Waals surface area contributed by atoms with Gasteiger partial charge in [0.1, 0.15) is 5.69 Å². The van der Waals surface area contributed by atoms with Crippen molar-refractivity contribution in [3.63, 3.8) is 0 Å². The molecule has 2 heterocycles. The van der Waals surface area contributed by atoms with Crippen LogP contribution in [0.2, 0.25) is 0 Å². The van der Waals surface area contributed by atoms with Crippen LogP contribution < -0.4 is 10.1 Å². The van der Waals surface area contributed by atoms with Crippen LogP contribution in [0, 0.1) is 0 Å². The van der Waals surface area contributed by atoms with Crippen LogP contribution in [-0.2, 0) is 9.47 Å². The summed E-state index contributed by atoms with van der Waals surface area (Å²) in [6, 6.07) is -0.0648. The van der Waals surface area contributed by atoms with E-state index in [0.717, 1.165) is 25.1 Å². The average molecular weight is 281 g/mol. The lowest BCUT2D eigenvalue weighted by atomic mass is 9.84. The highest BCUT2D eigenvalue weighted by molar-refractivity contribution is 5.25. The third-order valence-electron chi connectivity index (χ3n) is 3.84. The van der Waals surface area contributed by atoms with Gasteiger partial charge in [-0.1, -0.05) is 6.92 Å². The van der Waals surface area contributed by atoms with E-state index in [2.05, 4.69) is 22.2 Å². The molecule has 1 aliphatic rings. The van der Waals surface area contributed by atoms with Gasteiger partial charge in [0.05, 0.1) is 18.8 Å². The van der Waals surface area contributed by atoms with Crippen molar-refractivity contribution in [1.82, 2.24) is 15.3 Å². The molecule has 20 heavy (non-hydrogen) atoms. The van der Waals surface area contributed by atoms with Crippen molar-refractivity contribution < 1.29 is 14.2 Å². The summed E-state index contributed by atoms with van der Waals surface area (Å²) in [6.45, 7) is 4.27. The molecule has 0 saturated carbocycles. The minimum atomic E-state index is -0.336. The molecule has 0 spiro atoms. The summed E-state index contributed by atoms with van der Waals surface area (Å²) >= 11 is 0. The van der Waals surface area contributed by atoms with Crippen molar-refractivity contribution in [2.75, 3.05) is 34.0 Å². The summed E-state index contributed by atoms with van der Waals surface area (Å²) in [4.78, 5) is 8.71. The monoisotopic (exact) mass is 281 g/mol. The summed E-state index contributed by atoms with van der Waals surface area (Å²) in [6.07, 6.45) is 4.96. The van der Waals surface area contributed by atoms with Crippen LogP contribution >= 0.6 is 0 Å². The molecular weight excluding hydrogens is 258 g/mol. The highest BCUT2D eigenvalue weighted by Gasteiger charge is 2.43. The molecule has 1 fully saturated rings. The number of methoxy groups -OCH3 is 2. The Bertz CT molecular complexity index is 422. The van der Waals surface area contributed by atoms with Gasteiger partial charge in [-0.25, -0.2) is 4.98 Å². The van der Waals surface area contributed by atoms with Gasteiger partial charge in [0, 0.05) is 45.6 Å². The highest BCUT2D eigenvalue weighted by atomic mass is 16.5. The Morgan fingerprint density at radius 3 is 2.60 bits per heavy atom. The molecule has 1 aliphatic heterocycles. The second-order valence-corrected chi connectivity index (χ2v) is 4.82. The molecule has 0 aliphatic carbocycles. The van der Waals surface area contributed by atoms with Crippen LogP contribution in [0.15, 0.2) is 12.4 Å². The smallest absolute Gasteiger partial charge is 0.237 e. The SMILES string of the molecule is CCNC(c1nccnc1OC)C1(OC)CCOCC1. The molecule has 0 aromatic carbocycles. The van der Waals surface area contributed by atoms with E-state index in [4.69, 9.17) is 14.2 Å². The Hall–Kier alpha value is -1.24. The number of aromatic nitrogens is 2. The maximum absolute atomic E-state index is 5.88. The Labute approximate surface area is 119 Å². The van der Waals surface area contributed by atoms with E-state index in [-0.39, 0.29) is 11.6 Å². The Kier molecular flexibility index (Phi) is 5.28. The van der Waals surface area contributed by atoms with Crippen LogP contribution in [0.5, 0.6) is 5.88 Å². The van der Waals surface area contributed by atoms with Gasteiger partial charge in [0.25, 0.3) is 0 Å². The zero-order valence-corrected chi connectivity index (χ0v) is 12.4. The van der Waals surface area contributed by atoms with E-state index in [0.29, 0.717) is 19.1 Å². The molecule has 1 saturated heterocycles. The second-order valence-electron chi connectivity index (χ2n) is 4.82. The summed E-state index contributed by atoms with van der Waals surface area (Å²) in [7, 11) is 3.36. The van der Waals surface area contributed by atoms with Crippen LogP contribution in [0.4, 0.5) is 0 Å². The number of rotatable bonds is 6. The number of nitrogens with zero attached hydrogens (tertiary/aromatic N) is 2. The summed E-state index contributed by atoms with van der Waals surface area (Å²) in [5.41, 5.74) is 0.456. The first-order chi connectivity index (χ1) is 9.77. The van der Waals surface area contributed by atoms with Crippen LogP contribution in [0.3, 0.4) is 0 Å². The van der Waals surface area contributed by atoms with Gasteiger partial charge in [-0.2, -0.15) is 0 Å². The summed E-state index contributed by atoms with van der Waals surface area (Å²) in [5, 5.41) is 3.47. The molecule has 6 nitrogen and oxygen atoms in total. The first-order valence-electron chi connectivity index (χ1n) is 6.98. The fourth-order valence-corrected chi connectivity index (χ4v) is 2.75. The summed E-state index contributed by atoms with van der Waals surface area (Å²) < 4.78 is 16.7. The molecule has 0 bridgehead atoms. The predicted octanol–water partition coefficient (Wildman–Crippen LogP) is 1.33. The first kappa shape index (κ1) is 15.2. The third-order valence-corrected chi connectivity index (χ3v) is 3.84. The van der Waals surface area contributed by atoms with Crippen molar-refractivity contribution in [2.24, 2.45) is 0 Å². The average Bonchev–Trinajstić information content (AvgIpc) is 2.53. The van der Waals surface area contributed by atoms with Crippen molar-refractivity contribution in [1.29, 1.82) is 0 Å². The molecule has 0 radical (unpaired) electrons. The normalized spacial score (nSPS) is 19.6. The second kappa shape index (κ2) is 6.97. The maximum Gasteiger partial charge on any atom is 0.237 e. The lowest BCUT2D eigenvalue weighted by Gasteiger charge is -2.42. The van der Waals surface area contributed by atoms with E-state index < -0.39 is 0 Å². The highest BCUT2D eigenvalue weighted by Crippen LogP contribution is 2.38. The Morgan fingerprint density at radius 1 is 1.30 bits per heavy atom. The fraction of sp³-hybridized carbons (Fsp3) is 0.714. The molecule has 6 heteroatoms. The minimum absolute atomic E-state index is 0.0648. The Balaban J connectivity index is 2.38. The molecule has 1 atom stereocenters. The molecule has 1 aromatic heterocycles. The molecule has 2 rings (SSSR count). The maximum atomic E-state index is 5.88. The van der Waals surface area contributed by atoms with Crippen molar-refractivity contribution in [2.45, 2.75) is 31.4 Å². The van der Waals surface area contributed by atoms with Crippen LogP contribution in [-0.4, -0.2) is 49.5 Å². The van der Waals surface area contributed by atoms with Gasteiger partial charge in [0.2, 0.25) is 5.88 Å². The van der Waals surface area contributed by atoms with Gasteiger partial charge in [-0.3, -0.25) is 4.98 Å². The first-order valence-corrected chi connectivity index (χ1v) is 6.98. The predicted molar refractivity (Wildman–Crippen MR) is 74.8 cm³/mol. The largest absolute Gasteiger partial charge is 0.480 e. The molecule has 1 N–H and O–H groups in total. The van der Waals surface area contributed by atoms with E-state index >= 15 is 0 Å². The van der Waals surface area contributed by atoms with Crippen molar-refractivity contribution in [3.8, 4) is 5.88 Å². The standard InChI is InChI=1S/C14H23N3O3/c1-4-15-12(11-13(18-2)17-8-7-16-11)14(19-3)5-9-20-10-6-14/h7-8,12,15H,4-6,9-10H2,1-3H3. The Morgan fingerprint density at radius 2 is 2.00 bits per heavy atom. The van der Waals surface area contributed by atoms with Gasteiger partial charge in [0.15, 0.2) is 0 Å². The quantitative estimate of drug-likeness (QED) is 0.848. The van der Waals surface area contributed by atoms with Crippen LogP contribution in [0.25, 0.3) is 0 Å². The zero-order chi connectivity index (χ0) is 14.4. The molecule has 112 valence electrons. The zero-order valence-electron chi connectivity index (χ0n) is 12.4. The number of hydrogen-bond acceptors (Lipinski definition) is 6. The summed E-state index contributed by atoms with van der Waals surface area (Å²) in [5.74, 6) is 0.543. The van der Waals surface area contributed by atoms with Gasteiger partial charge in [-0.05, 0) is 6.54 Å². The number of hydrogen-bond donors (Lipinski definition) is 1. The number of likely N-dealkylation sites (N-methyl/N-ethyl adjacent to an activating group) is 1. The van der Waals surface area contributed by atoms with Gasteiger partial charge in [-0.15, -0.1) is 0 Å². The molecule has 1 unspecified atom stereocenters. The molecule has 1 aromatic rings. The lowest BCUT2D eigenvalue weighted by Crippen LogP contribution is -2.49. The lowest BCUT2D eigenvalue weighted by molar-refractivity contribution is -0.112. The molecular formula is C14H23N3O3. The number of ether oxygens (including phenoxy) is 3. The minimum Gasteiger partial charge on any atom is -0.480 e. The van der Waals surface area contributed by atoms with E-state index in [1.54, 1.807) is 26.6 Å². The topological polar surface area (TPSA) is 65.5 Å². The van der Waals surface area contributed by atoms with Crippen LogP contribution in [0.1, 0.15) is 31.5 Å².